The van der Waals surface area contributed by atoms with Crippen LogP contribution < -0.4 is 0 Å². The van der Waals surface area contributed by atoms with Crippen LogP contribution >= 0.6 is 0 Å². The summed E-state index contributed by atoms with van der Waals surface area (Å²) >= 11 is 0. The van der Waals surface area contributed by atoms with Gasteiger partial charge in [0.1, 0.15) is 0 Å². The van der Waals surface area contributed by atoms with E-state index in [9.17, 15) is 5.11 Å². The van der Waals surface area contributed by atoms with Crippen LogP contribution in [0.1, 0.15) is 39.0 Å². The number of nitrogens with zero attached hydrogens (tertiary/aromatic N) is 2. The fourth-order valence-electron chi connectivity index (χ4n) is 2.71. The van der Waals surface area contributed by atoms with Crippen LogP contribution in [0.25, 0.3) is 0 Å². The highest BCUT2D eigenvalue weighted by molar-refractivity contribution is 4.77. The van der Waals surface area contributed by atoms with Gasteiger partial charge in [0.25, 0.3) is 0 Å². The molecule has 0 amide bonds. The highest BCUT2D eigenvalue weighted by atomic mass is 16.3. The lowest BCUT2D eigenvalue weighted by molar-refractivity contribution is 0.0632. The van der Waals surface area contributed by atoms with Crippen molar-refractivity contribution in [3.8, 4) is 0 Å². The Morgan fingerprint density at radius 3 is 2.29 bits per heavy atom. The van der Waals surface area contributed by atoms with E-state index in [1.807, 2.05) is 0 Å². The van der Waals surface area contributed by atoms with E-state index >= 15 is 0 Å². The fraction of sp³-hybridized carbons (Fsp3) is 1.00. The maximum atomic E-state index is 10.3. The van der Waals surface area contributed by atoms with E-state index < -0.39 is 0 Å². The third-order valence-corrected chi connectivity index (χ3v) is 3.79. The van der Waals surface area contributed by atoms with Crippen LogP contribution in [0, 0.1) is 5.92 Å². The smallest absolute Gasteiger partial charge is 0.0695 e. The van der Waals surface area contributed by atoms with Crippen molar-refractivity contribution in [1.29, 1.82) is 0 Å². The zero-order valence-electron chi connectivity index (χ0n) is 11.9. The molecule has 0 spiro atoms. The molecule has 17 heavy (non-hydrogen) atoms. The van der Waals surface area contributed by atoms with E-state index in [1.165, 1.54) is 32.1 Å². The van der Waals surface area contributed by atoms with Gasteiger partial charge < -0.3 is 10.0 Å². The van der Waals surface area contributed by atoms with Crippen molar-refractivity contribution in [2.75, 3.05) is 40.3 Å². The second-order valence-electron chi connectivity index (χ2n) is 5.72. The Kier molecular flexibility index (Phi) is 7.09. The Balaban J connectivity index is 2.30. The minimum atomic E-state index is -0.105. The SMILES string of the molecule is CCCN(CCN(C)C)CC(O)C1CCCC1. The Morgan fingerprint density at radius 2 is 1.76 bits per heavy atom. The molecule has 1 rings (SSSR count). The molecule has 1 unspecified atom stereocenters. The molecule has 0 bridgehead atoms. The number of aliphatic hydroxyl groups is 1. The topological polar surface area (TPSA) is 26.7 Å². The number of hydrogen-bond acceptors (Lipinski definition) is 3. The van der Waals surface area contributed by atoms with Crippen molar-refractivity contribution >= 4 is 0 Å². The molecule has 1 aliphatic carbocycles. The van der Waals surface area contributed by atoms with Crippen molar-refractivity contribution in [1.82, 2.24) is 9.80 Å². The molecule has 0 aromatic carbocycles. The first-order valence-corrected chi connectivity index (χ1v) is 7.18. The van der Waals surface area contributed by atoms with Gasteiger partial charge in [0, 0.05) is 19.6 Å². The van der Waals surface area contributed by atoms with Crippen molar-refractivity contribution in [3.63, 3.8) is 0 Å². The standard InChI is InChI=1S/C14H30N2O/c1-4-9-16(11-10-15(2)3)12-14(17)13-7-5-6-8-13/h13-14,17H,4-12H2,1-3H3. The second kappa shape index (κ2) is 8.06. The minimum absolute atomic E-state index is 0.105. The molecular formula is C14H30N2O. The third kappa shape index (κ3) is 5.84. The number of hydrogen-bond donors (Lipinski definition) is 1. The summed E-state index contributed by atoms with van der Waals surface area (Å²) < 4.78 is 0. The predicted octanol–water partition coefficient (Wildman–Crippen LogP) is 1.81. The maximum Gasteiger partial charge on any atom is 0.0695 e. The summed E-state index contributed by atoms with van der Waals surface area (Å²) in [5, 5.41) is 10.3. The summed E-state index contributed by atoms with van der Waals surface area (Å²) in [4.78, 5) is 4.63. The molecule has 1 saturated carbocycles. The first-order valence-electron chi connectivity index (χ1n) is 7.18. The van der Waals surface area contributed by atoms with Gasteiger partial charge in [0.15, 0.2) is 0 Å². The molecule has 1 fully saturated rings. The summed E-state index contributed by atoms with van der Waals surface area (Å²) in [6.07, 6.45) is 6.15. The molecule has 0 radical (unpaired) electrons. The molecule has 0 aromatic rings. The zero-order chi connectivity index (χ0) is 12.7. The zero-order valence-corrected chi connectivity index (χ0v) is 11.9. The van der Waals surface area contributed by atoms with Crippen LogP contribution in [-0.2, 0) is 0 Å². The first kappa shape index (κ1) is 14.9. The first-order chi connectivity index (χ1) is 8.13. The van der Waals surface area contributed by atoms with Crippen LogP contribution in [0.3, 0.4) is 0 Å². The van der Waals surface area contributed by atoms with Gasteiger partial charge in [-0.15, -0.1) is 0 Å². The van der Waals surface area contributed by atoms with Gasteiger partial charge in [0.2, 0.25) is 0 Å². The van der Waals surface area contributed by atoms with Gasteiger partial charge in [0.05, 0.1) is 6.10 Å². The van der Waals surface area contributed by atoms with Crippen molar-refractivity contribution in [3.05, 3.63) is 0 Å². The average molecular weight is 242 g/mol. The van der Waals surface area contributed by atoms with Gasteiger partial charge in [-0.2, -0.15) is 0 Å². The highest BCUT2D eigenvalue weighted by Gasteiger charge is 2.24. The Morgan fingerprint density at radius 1 is 1.12 bits per heavy atom. The monoisotopic (exact) mass is 242 g/mol. The minimum Gasteiger partial charge on any atom is -0.392 e. The van der Waals surface area contributed by atoms with Crippen molar-refractivity contribution in [2.45, 2.75) is 45.1 Å². The lowest BCUT2D eigenvalue weighted by Gasteiger charge is -2.28. The third-order valence-electron chi connectivity index (χ3n) is 3.79. The van der Waals surface area contributed by atoms with E-state index in [2.05, 4.69) is 30.8 Å². The van der Waals surface area contributed by atoms with Crippen LogP contribution in [0.2, 0.25) is 0 Å². The summed E-state index contributed by atoms with van der Waals surface area (Å²) in [5.41, 5.74) is 0. The summed E-state index contributed by atoms with van der Waals surface area (Å²) in [6.45, 7) is 6.34. The number of likely N-dealkylation sites (N-methyl/N-ethyl adjacent to an activating group) is 1. The lowest BCUT2D eigenvalue weighted by Crippen LogP contribution is -2.39. The molecule has 0 aliphatic heterocycles. The Hall–Kier alpha value is -0.120. The summed E-state index contributed by atoms with van der Waals surface area (Å²) in [5.74, 6) is 0.564. The fourth-order valence-corrected chi connectivity index (χ4v) is 2.71. The molecule has 0 heterocycles. The van der Waals surface area contributed by atoms with Gasteiger partial charge in [-0.1, -0.05) is 19.8 Å². The lowest BCUT2D eigenvalue weighted by atomic mass is 10.0. The molecule has 3 nitrogen and oxygen atoms in total. The van der Waals surface area contributed by atoms with E-state index in [-0.39, 0.29) is 6.10 Å². The molecule has 0 saturated heterocycles. The second-order valence-corrected chi connectivity index (χ2v) is 5.72. The van der Waals surface area contributed by atoms with Crippen LogP contribution in [0.4, 0.5) is 0 Å². The van der Waals surface area contributed by atoms with Crippen molar-refractivity contribution in [2.24, 2.45) is 5.92 Å². The molecule has 0 aromatic heterocycles. The Labute approximate surface area is 107 Å². The average Bonchev–Trinajstić information content (AvgIpc) is 2.79. The van der Waals surface area contributed by atoms with Gasteiger partial charge in [-0.3, -0.25) is 4.90 Å². The van der Waals surface area contributed by atoms with Crippen LogP contribution in [0.15, 0.2) is 0 Å². The molecule has 1 atom stereocenters. The van der Waals surface area contributed by atoms with E-state index in [0.29, 0.717) is 5.92 Å². The van der Waals surface area contributed by atoms with Gasteiger partial charge in [-0.05, 0) is 45.8 Å². The quantitative estimate of drug-likeness (QED) is 0.703. The van der Waals surface area contributed by atoms with Crippen molar-refractivity contribution < 1.29 is 5.11 Å². The van der Waals surface area contributed by atoms with Gasteiger partial charge >= 0.3 is 0 Å². The van der Waals surface area contributed by atoms with E-state index in [0.717, 1.165) is 26.2 Å². The molecule has 102 valence electrons. The van der Waals surface area contributed by atoms with E-state index in [1.54, 1.807) is 0 Å². The number of rotatable bonds is 8. The largest absolute Gasteiger partial charge is 0.392 e. The van der Waals surface area contributed by atoms with Crippen LogP contribution in [-0.4, -0.2) is 61.3 Å². The summed E-state index contributed by atoms with van der Waals surface area (Å²) in [6, 6.07) is 0. The number of aliphatic hydroxyl groups excluding tert-OH is 1. The van der Waals surface area contributed by atoms with E-state index in [4.69, 9.17) is 0 Å². The normalized spacial score (nSPS) is 19.4. The molecular weight excluding hydrogens is 212 g/mol. The van der Waals surface area contributed by atoms with Crippen LogP contribution in [0.5, 0.6) is 0 Å². The molecule has 1 aliphatic rings. The summed E-state index contributed by atoms with van der Waals surface area (Å²) in [7, 11) is 4.22. The highest BCUT2D eigenvalue weighted by Crippen LogP contribution is 2.28. The molecule has 1 N–H and O–H groups in total. The maximum absolute atomic E-state index is 10.3. The van der Waals surface area contributed by atoms with Gasteiger partial charge in [-0.25, -0.2) is 0 Å². The predicted molar refractivity (Wildman–Crippen MR) is 73.2 cm³/mol. The Bertz CT molecular complexity index is 191. The molecule has 3 heteroatoms.